The number of carbonyl (C=O) groups is 1. The Balaban J connectivity index is 2.52. The van der Waals surface area contributed by atoms with Gasteiger partial charge in [-0.05, 0) is 12.1 Å². The second-order valence-corrected chi connectivity index (χ2v) is 3.77. The Morgan fingerprint density at radius 1 is 1.31 bits per heavy atom. The number of benzene rings is 1. The predicted molar refractivity (Wildman–Crippen MR) is 58.9 cm³/mol. The van der Waals surface area contributed by atoms with Crippen LogP contribution in [-0.4, -0.2) is 26.6 Å². The average Bonchev–Trinajstić information content (AvgIpc) is 2.73. The number of phenols is 1. The molecule has 0 aliphatic rings. The molecule has 0 saturated heterocycles. The maximum atomic E-state index is 10.4. The average molecular weight is 258 g/mol. The first-order chi connectivity index (χ1) is 7.61. The number of hydrogen-bond donors (Lipinski definition) is 2. The lowest BCUT2D eigenvalue weighted by Gasteiger charge is -2.01. The van der Waals surface area contributed by atoms with Gasteiger partial charge in [0.1, 0.15) is 0 Å². The van der Waals surface area contributed by atoms with Crippen LogP contribution in [0.4, 0.5) is 0 Å². The van der Waals surface area contributed by atoms with Gasteiger partial charge in [-0.1, -0.05) is 23.2 Å². The van der Waals surface area contributed by atoms with Crippen molar-refractivity contribution in [2.45, 2.75) is 0 Å². The van der Waals surface area contributed by atoms with Crippen LogP contribution in [-0.2, 0) is 0 Å². The Morgan fingerprint density at radius 3 is 2.44 bits per heavy atom. The minimum Gasteiger partial charge on any atom is -0.505 e. The van der Waals surface area contributed by atoms with E-state index in [9.17, 15) is 9.90 Å². The van der Waals surface area contributed by atoms with Crippen LogP contribution in [0, 0.1) is 0 Å². The maximum absolute atomic E-state index is 10.4. The molecule has 0 amide bonds. The summed E-state index contributed by atoms with van der Waals surface area (Å²) in [5, 5.41) is 15.8. The molecule has 1 aromatic carbocycles. The van der Waals surface area contributed by atoms with Gasteiger partial charge in [0.15, 0.2) is 23.7 Å². The second-order valence-electron chi connectivity index (χ2n) is 2.95. The van der Waals surface area contributed by atoms with Gasteiger partial charge in [0, 0.05) is 5.56 Å². The van der Waals surface area contributed by atoms with Gasteiger partial charge >= 0.3 is 0 Å². The fraction of sp³-hybridized carbons (Fsp3) is 0. The van der Waals surface area contributed by atoms with Crippen molar-refractivity contribution in [1.82, 2.24) is 15.2 Å². The summed E-state index contributed by atoms with van der Waals surface area (Å²) in [5.74, 6) is 0.194. The number of hydrogen-bond acceptors (Lipinski definition) is 4. The first-order valence-electron chi connectivity index (χ1n) is 4.18. The van der Waals surface area contributed by atoms with Gasteiger partial charge in [-0.3, -0.25) is 9.89 Å². The molecular weight excluding hydrogens is 253 g/mol. The van der Waals surface area contributed by atoms with Crippen LogP contribution in [0.2, 0.25) is 10.0 Å². The number of nitrogens with one attached hydrogen (secondary N) is 1. The zero-order valence-corrected chi connectivity index (χ0v) is 9.25. The third-order valence-corrected chi connectivity index (χ3v) is 2.47. The molecule has 2 aromatic rings. The van der Waals surface area contributed by atoms with Crippen LogP contribution < -0.4 is 0 Å². The molecule has 0 aliphatic carbocycles. The largest absolute Gasteiger partial charge is 0.505 e. The zero-order valence-electron chi connectivity index (χ0n) is 7.74. The van der Waals surface area contributed by atoms with E-state index in [1.54, 1.807) is 0 Å². The Kier molecular flexibility index (Phi) is 2.80. The summed E-state index contributed by atoms with van der Waals surface area (Å²) in [7, 11) is 0. The molecule has 2 rings (SSSR count). The molecule has 1 aromatic heterocycles. The zero-order chi connectivity index (χ0) is 11.7. The van der Waals surface area contributed by atoms with Crippen LogP contribution in [0.5, 0.6) is 5.75 Å². The third-order valence-electron chi connectivity index (χ3n) is 1.89. The van der Waals surface area contributed by atoms with Gasteiger partial charge in [0.05, 0.1) is 10.0 Å². The summed E-state index contributed by atoms with van der Waals surface area (Å²) in [6, 6.07) is 2.92. The highest BCUT2D eigenvalue weighted by Gasteiger charge is 2.11. The van der Waals surface area contributed by atoms with E-state index >= 15 is 0 Å². The number of halogens is 2. The highest BCUT2D eigenvalue weighted by Crippen LogP contribution is 2.35. The highest BCUT2D eigenvalue weighted by molar-refractivity contribution is 6.37. The molecule has 0 saturated carbocycles. The molecule has 0 radical (unpaired) electrons. The lowest BCUT2D eigenvalue weighted by molar-refractivity contribution is 0.111. The van der Waals surface area contributed by atoms with Crippen molar-refractivity contribution in [2.24, 2.45) is 0 Å². The number of aromatic nitrogens is 3. The van der Waals surface area contributed by atoms with Gasteiger partial charge in [-0.15, -0.1) is 0 Å². The first-order valence-corrected chi connectivity index (χ1v) is 4.93. The van der Waals surface area contributed by atoms with Crippen LogP contribution >= 0.6 is 23.2 Å². The van der Waals surface area contributed by atoms with Crippen molar-refractivity contribution in [2.75, 3.05) is 0 Å². The molecule has 0 atom stereocenters. The van der Waals surface area contributed by atoms with Crippen molar-refractivity contribution in [3.8, 4) is 17.1 Å². The molecule has 2 N–H and O–H groups in total. The Labute approximate surface area is 100 Å². The molecule has 0 fully saturated rings. The molecule has 82 valence electrons. The molecule has 0 unspecified atom stereocenters. The minimum atomic E-state index is -0.196. The minimum absolute atomic E-state index is 0.0972. The van der Waals surface area contributed by atoms with Gasteiger partial charge in [0.2, 0.25) is 0 Å². The number of aromatic amines is 1. The number of nitrogens with zero attached hydrogens (tertiary/aromatic N) is 2. The number of aromatic hydroxyl groups is 1. The molecular formula is C9H5Cl2N3O2. The Morgan fingerprint density at radius 2 is 1.94 bits per heavy atom. The number of phenolic OH excluding ortho intramolecular Hbond substituents is 1. The first kappa shape index (κ1) is 10.9. The van der Waals surface area contributed by atoms with E-state index in [2.05, 4.69) is 15.2 Å². The summed E-state index contributed by atoms with van der Waals surface area (Å²) < 4.78 is 0. The summed E-state index contributed by atoms with van der Waals surface area (Å²) in [6.07, 6.45) is 0.542. The fourth-order valence-electron chi connectivity index (χ4n) is 1.15. The summed E-state index contributed by atoms with van der Waals surface area (Å²) in [5.41, 5.74) is 0.511. The molecule has 7 heteroatoms. The van der Waals surface area contributed by atoms with Crippen LogP contribution in [0.25, 0.3) is 11.4 Å². The normalized spacial score (nSPS) is 10.4. The van der Waals surface area contributed by atoms with Gasteiger partial charge < -0.3 is 5.11 Å². The quantitative estimate of drug-likeness (QED) is 0.810. The lowest BCUT2D eigenvalue weighted by atomic mass is 10.2. The Bertz CT molecular complexity index is 530. The van der Waals surface area contributed by atoms with E-state index in [1.165, 1.54) is 12.1 Å². The van der Waals surface area contributed by atoms with Gasteiger partial charge in [0.25, 0.3) is 0 Å². The summed E-state index contributed by atoms with van der Waals surface area (Å²) in [4.78, 5) is 14.3. The van der Waals surface area contributed by atoms with Crippen LogP contribution in [0.1, 0.15) is 10.6 Å². The van der Waals surface area contributed by atoms with E-state index in [-0.39, 0.29) is 27.4 Å². The molecule has 0 aliphatic heterocycles. The van der Waals surface area contributed by atoms with Crippen molar-refractivity contribution >= 4 is 29.5 Å². The molecule has 0 spiro atoms. The van der Waals surface area contributed by atoms with E-state index in [4.69, 9.17) is 23.2 Å². The predicted octanol–water partition coefficient (Wildman–Crippen LogP) is 2.30. The van der Waals surface area contributed by atoms with Crippen molar-refractivity contribution in [3.63, 3.8) is 0 Å². The highest BCUT2D eigenvalue weighted by atomic mass is 35.5. The van der Waals surface area contributed by atoms with Gasteiger partial charge in [-0.25, -0.2) is 4.98 Å². The van der Waals surface area contributed by atoms with E-state index < -0.39 is 0 Å². The standard InChI is InChI=1S/C9H5Cl2N3O2/c10-5-1-4(2-6(11)8(5)16)9-12-7(3-15)13-14-9/h1-3,16H,(H,12,13,14). The van der Waals surface area contributed by atoms with Crippen LogP contribution in [0.15, 0.2) is 12.1 Å². The van der Waals surface area contributed by atoms with Crippen molar-refractivity contribution < 1.29 is 9.90 Å². The topological polar surface area (TPSA) is 78.9 Å². The maximum Gasteiger partial charge on any atom is 0.189 e. The second kappa shape index (κ2) is 4.11. The summed E-state index contributed by atoms with van der Waals surface area (Å²) >= 11 is 11.5. The van der Waals surface area contributed by atoms with Crippen molar-refractivity contribution in [1.29, 1.82) is 0 Å². The fourth-order valence-corrected chi connectivity index (χ4v) is 1.64. The molecule has 5 nitrogen and oxygen atoms in total. The number of rotatable bonds is 2. The van der Waals surface area contributed by atoms with E-state index in [0.29, 0.717) is 11.8 Å². The van der Waals surface area contributed by atoms with E-state index in [1.807, 2.05) is 0 Å². The lowest BCUT2D eigenvalue weighted by Crippen LogP contribution is -1.83. The number of aldehydes is 1. The molecule has 1 heterocycles. The van der Waals surface area contributed by atoms with Gasteiger partial charge in [-0.2, -0.15) is 5.10 Å². The monoisotopic (exact) mass is 257 g/mol. The third kappa shape index (κ3) is 1.87. The SMILES string of the molecule is O=Cc1nc(-c2cc(Cl)c(O)c(Cl)c2)n[nH]1. The molecule has 16 heavy (non-hydrogen) atoms. The Hall–Kier alpha value is -1.59. The summed E-state index contributed by atoms with van der Waals surface area (Å²) in [6.45, 7) is 0. The van der Waals surface area contributed by atoms with E-state index in [0.717, 1.165) is 0 Å². The smallest absolute Gasteiger partial charge is 0.189 e. The number of H-pyrrole nitrogens is 1. The molecule has 0 bridgehead atoms. The number of carbonyl (C=O) groups excluding carboxylic acids is 1. The van der Waals surface area contributed by atoms with Crippen LogP contribution in [0.3, 0.4) is 0 Å². The van der Waals surface area contributed by atoms with Crippen molar-refractivity contribution in [3.05, 3.63) is 28.0 Å².